The van der Waals surface area contributed by atoms with E-state index in [0.717, 1.165) is 19.1 Å². The molecule has 0 aromatic carbocycles. The molecule has 1 N–H and O–H groups in total. The van der Waals surface area contributed by atoms with E-state index >= 15 is 0 Å². The van der Waals surface area contributed by atoms with Gasteiger partial charge in [-0.15, -0.1) is 0 Å². The van der Waals surface area contributed by atoms with Gasteiger partial charge in [-0.25, -0.2) is 0 Å². The Morgan fingerprint density at radius 3 is 2.65 bits per heavy atom. The SMILES string of the molecule is CCOC1CCCN(CC2(CNC)CCC(C)CC2)C1. The molecule has 2 fully saturated rings. The van der Waals surface area contributed by atoms with Crippen LogP contribution in [0.25, 0.3) is 0 Å². The molecule has 0 amide bonds. The second-order valence-electron chi connectivity index (χ2n) is 7.17. The second-order valence-corrected chi connectivity index (χ2v) is 7.17. The Hall–Kier alpha value is -0.120. The Morgan fingerprint density at radius 2 is 2.00 bits per heavy atom. The number of nitrogens with one attached hydrogen (secondary N) is 1. The maximum absolute atomic E-state index is 5.85. The molecule has 1 saturated heterocycles. The van der Waals surface area contributed by atoms with Crippen LogP contribution < -0.4 is 5.32 Å². The van der Waals surface area contributed by atoms with Gasteiger partial charge in [-0.3, -0.25) is 0 Å². The molecule has 0 aromatic heterocycles. The zero-order chi connectivity index (χ0) is 14.4. The van der Waals surface area contributed by atoms with Crippen LogP contribution in [0.3, 0.4) is 0 Å². The summed E-state index contributed by atoms with van der Waals surface area (Å²) in [6, 6.07) is 0. The maximum Gasteiger partial charge on any atom is 0.0702 e. The van der Waals surface area contributed by atoms with Gasteiger partial charge in [0.1, 0.15) is 0 Å². The molecular formula is C17H34N2O. The lowest BCUT2D eigenvalue weighted by Gasteiger charge is -2.44. The van der Waals surface area contributed by atoms with E-state index in [0.29, 0.717) is 11.5 Å². The number of nitrogens with zero attached hydrogens (tertiary/aromatic N) is 1. The van der Waals surface area contributed by atoms with Crippen LogP contribution in [0.2, 0.25) is 0 Å². The lowest BCUT2D eigenvalue weighted by atomic mass is 9.70. The minimum absolute atomic E-state index is 0.475. The van der Waals surface area contributed by atoms with Crippen LogP contribution in [-0.4, -0.2) is 50.8 Å². The first kappa shape index (κ1) is 16.3. The summed E-state index contributed by atoms with van der Waals surface area (Å²) in [6.45, 7) is 10.2. The summed E-state index contributed by atoms with van der Waals surface area (Å²) >= 11 is 0. The van der Waals surface area contributed by atoms with Crippen molar-refractivity contribution in [3.63, 3.8) is 0 Å². The van der Waals surface area contributed by atoms with Gasteiger partial charge in [-0.1, -0.05) is 19.8 Å². The predicted molar refractivity (Wildman–Crippen MR) is 85.1 cm³/mol. The van der Waals surface area contributed by atoms with Gasteiger partial charge in [-0.2, -0.15) is 0 Å². The molecule has 2 rings (SSSR count). The number of hydrogen-bond donors (Lipinski definition) is 1. The summed E-state index contributed by atoms with van der Waals surface area (Å²) in [5.41, 5.74) is 0.509. The monoisotopic (exact) mass is 282 g/mol. The Bertz CT molecular complexity index is 272. The van der Waals surface area contributed by atoms with Crippen molar-refractivity contribution in [1.29, 1.82) is 0 Å². The zero-order valence-electron chi connectivity index (χ0n) is 13.8. The molecule has 1 aliphatic heterocycles. The summed E-state index contributed by atoms with van der Waals surface area (Å²) in [5.74, 6) is 0.928. The summed E-state index contributed by atoms with van der Waals surface area (Å²) in [7, 11) is 2.11. The molecule has 3 heteroatoms. The van der Waals surface area contributed by atoms with Crippen molar-refractivity contribution in [3.05, 3.63) is 0 Å². The molecule has 1 unspecified atom stereocenters. The number of rotatable bonds is 6. The van der Waals surface area contributed by atoms with Crippen molar-refractivity contribution in [3.8, 4) is 0 Å². The standard InChI is InChI=1S/C17H34N2O/c1-4-20-16-6-5-11-19(12-16)14-17(13-18-3)9-7-15(2)8-10-17/h15-16,18H,4-14H2,1-3H3. The molecular weight excluding hydrogens is 248 g/mol. The van der Waals surface area contributed by atoms with E-state index in [9.17, 15) is 0 Å². The summed E-state index contributed by atoms with van der Waals surface area (Å²) < 4.78 is 5.85. The topological polar surface area (TPSA) is 24.5 Å². The average Bonchev–Trinajstić information content (AvgIpc) is 2.43. The summed E-state index contributed by atoms with van der Waals surface area (Å²) in [4.78, 5) is 2.68. The Kier molecular flexibility index (Phi) is 6.31. The molecule has 20 heavy (non-hydrogen) atoms. The van der Waals surface area contributed by atoms with Crippen LogP contribution in [0.4, 0.5) is 0 Å². The van der Waals surface area contributed by atoms with Gasteiger partial charge in [-0.05, 0) is 57.5 Å². The van der Waals surface area contributed by atoms with Crippen LogP contribution in [0.15, 0.2) is 0 Å². The molecule has 0 aromatic rings. The minimum Gasteiger partial charge on any atom is -0.377 e. The van der Waals surface area contributed by atoms with Crippen molar-refractivity contribution in [2.24, 2.45) is 11.3 Å². The van der Waals surface area contributed by atoms with Crippen molar-refractivity contribution in [2.75, 3.05) is 39.8 Å². The van der Waals surface area contributed by atoms with Crippen LogP contribution in [0.1, 0.15) is 52.4 Å². The molecule has 1 heterocycles. The Balaban J connectivity index is 1.90. The molecule has 1 atom stereocenters. The quantitative estimate of drug-likeness (QED) is 0.811. The lowest BCUT2D eigenvalue weighted by Crippen LogP contribution is -2.49. The third-order valence-electron chi connectivity index (χ3n) is 5.31. The van der Waals surface area contributed by atoms with Crippen LogP contribution in [0, 0.1) is 11.3 Å². The molecule has 0 spiro atoms. The van der Waals surface area contributed by atoms with Crippen LogP contribution in [-0.2, 0) is 4.74 Å². The van der Waals surface area contributed by atoms with Gasteiger partial charge >= 0.3 is 0 Å². The fraction of sp³-hybridized carbons (Fsp3) is 1.00. The maximum atomic E-state index is 5.85. The van der Waals surface area contributed by atoms with E-state index in [2.05, 4.69) is 31.1 Å². The van der Waals surface area contributed by atoms with Gasteiger partial charge < -0.3 is 15.0 Å². The van der Waals surface area contributed by atoms with Crippen molar-refractivity contribution in [2.45, 2.75) is 58.5 Å². The van der Waals surface area contributed by atoms with E-state index in [1.807, 2.05) is 0 Å². The summed E-state index contributed by atoms with van der Waals surface area (Å²) in [5, 5.41) is 3.46. The second kappa shape index (κ2) is 7.77. The third-order valence-corrected chi connectivity index (χ3v) is 5.31. The van der Waals surface area contributed by atoms with Gasteiger partial charge in [0, 0.05) is 26.2 Å². The molecule has 118 valence electrons. The highest BCUT2D eigenvalue weighted by molar-refractivity contribution is 4.90. The van der Waals surface area contributed by atoms with Gasteiger partial charge in [0.25, 0.3) is 0 Å². The normalized spacial score (nSPS) is 36.1. The van der Waals surface area contributed by atoms with Crippen LogP contribution >= 0.6 is 0 Å². The van der Waals surface area contributed by atoms with Gasteiger partial charge in [0.15, 0.2) is 0 Å². The highest BCUT2D eigenvalue weighted by Gasteiger charge is 2.36. The zero-order valence-corrected chi connectivity index (χ0v) is 13.8. The van der Waals surface area contributed by atoms with Gasteiger partial charge in [0.2, 0.25) is 0 Å². The Morgan fingerprint density at radius 1 is 1.25 bits per heavy atom. The lowest BCUT2D eigenvalue weighted by molar-refractivity contribution is -0.0134. The first-order valence-corrected chi connectivity index (χ1v) is 8.66. The van der Waals surface area contributed by atoms with Crippen molar-refractivity contribution < 1.29 is 4.74 Å². The highest BCUT2D eigenvalue weighted by Crippen LogP contribution is 2.39. The summed E-state index contributed by atoms with van der Waals surface area (Å²) in [6.07, 6.45) is 8.63. The molecule has 2 aliphatic rings. The van der Waals surface area contributed by atoms with Crippen molar-refractivity contribution >= 4 is 0 Å². The first-order chi connectivity index (χ1) is 9.67. The van der Waals surface area contributed by atoms with Gasteiger partial charge in [0.05, 0.1) is 6.10 Å². The van der Waals surface area contributed by atoms with E-state index in [1.165, 1.54) is 58.2 Å². The van der Waals surface area contributed by atoms with E-state index < -0.39 is 0 Å². The third kappa shape index (κ3) is 4.44. The number of piperidine rings is 1. The highest BCUT2D eigenvalue weighted by atomic mass is 16.5. The molecule has 1 aliphatic carbocycles. The molecule has 0 radical (unpaired) electrons. The fourth-order valence-corrected chi connectivity index (χ4v) is 4.14. The smallest absolute Gasteiger partial charge is 0.0702 e. The molecule has 3 nitrogen and oxygen atoms in total. The molecule has 0 bridgehead atoms. The number of likely N-dealkylation sites (tertiary alicyclic amines) is 1. The fourth-order valence-electron chi connectivity index (χ4n) is 4.14. The van der Waals surface area contributed by atoms with E-state index in [4.69, 9.17) is 4.74 Å². The van der Waals surface area contributed by atoms with Crippen molar-refractivity contribution in [1.82, 2.24) is 10.2 Å². The predicted octanol–water partition coefficient (Wildman–Crippen LogP) is 2.90. The molecule has 1 saturated carbocycles. The minimum atomic E-state index is 0.475. The Labute approximate surface area is 125 Å². The van der Waals surface area contributed by atoms with E-state index in [1.54, 1.807) is 0 Å². The van der Waals surface area contributed by atoms with E-state index in [-0.39, 0.29) is 0 Å². The van der Waals surface area contributed by atoms with Crippen LogP contribution in [0.5, 0.6) is 0 Å². The largest absolute Gasteiger partial charge is 0.377 e. The first-order valence-electron chi connectivity index (χ1n) is 8.66. The average molecular weight is 282 g/mol. The number of hydrogen-bond acceptors (Lipinski definition) is 3. The number of ether oxygens (including phenoxy) is 1.